The van der Waals surface area contributed by atoms with Crippen LogP contribution < -0.4 is 10.5 Å². The second kappa shape index (κ2) is 11.3. The Morgan fingerprint density at radius 1 is 1.27 bits per heavy atom. The molecule has 2 rings (SSSR count). The van der Waals surface area contributed by atoms with Gasteiger partial charge in [-0.25, -0.2) is 18.5 Å². The zero-order valence-electron chi connectivity index (χ0n) is 17.2. The maximum absolute atomic E-state index is 12.1. The molecule has 30 heavy (non-hydrogen) atoms. The molecule has 0 aliphatic carbocycles. The second-order valence-corrected chi connectivity index (χ2v) is 9.15. The zero-order chi connectivity index (χ0) is 22.1. The van der Waals surface area contributed by atoms with Crippen molar-refractivity contribution in [1.29, 1.82) is 0 Å². The molecule has 0 bridgehead atoms. The van der Waals surface area contributed by atoms with Gasteiger partial charge in [0, 0.05) is 19.5 Å². The highest BCUT2D eigenvalue weighted by Gasteiger charge is 2.16. The zero-order valence-corrected chi connectivity index (χ0v) is 18.9. The van der Waals surface area contributed by atoms with E-state index in [2.05, 4.69) is 17.2 Å². The first-order valence-electron chi connectivity index (χ1n) is 9.84. The molecule has 0 fully saturated rings. The number of carbonyl (C=O) groups excluding carboxylic acids is 2. The van der Waals surface area contributed by atoms with Gasteiger partial charge in [-0.2, -0.15) is 0 Å². The molecule has 0 atom stereocenters. The molecule has 0 saturated carbocycles. The Kier molecular flexibility index (Phi) is 9.12. The largest absolute Gasteiger partial charge is 0.466 e. The molecule has 3 N–H and O–H groups in total. The van der Waals surface area contributed by atoms with Gasteiger partial charge < -0.3 is 14.6 Å². The molecule has 0 aliphatic rings. The average Bonchev–Trinajstić information content (AvgIpc) is 3.04. The number of ether oxygens (including phenoxy) is 1. The number of primary sulfonamides is 1. The average molecular weight is 457 g/mol. The number of hydrogen-bond acceptors (Lipinski definition) is 7. The SMILES string of the molecule is CCCCn1c(SCC(=O)NCCCC(=O)OCC)nc2cc(S(N)(=O)=O)ccc21. The Labute approximate surface area is 180 Å². The summed E-state index contributed by atoms with van der Waals surface area (Å²) in [4.78, 5) is 28.0. The van der Waals surface area contributed by atoms with Crippen LogP contribution in [0.25, 0.3) is 11.0 Å². The summed E-state index contributed by atoms with van der Waals surface area (Å²) in [6.07, 6.45) is 2.69. The predicted molar refractivity (Wildman–Crippen MR) is 116 cm³/mol. The van der Waals surface area contributed by atoms with Gasteiger partial charge in [-0.1, -0.05) is 25.1 Å². The number of unbranched alkanes of at least 4 members (excludes halogenated alkanes) is 1. The molecule has 11 heteroatoms. The summed E-state index contributed by atoms with van der Waals surface area (Å²) < 4.78 is 30.1. The number of hydrogen-bond donors (Lipinski definition) is 2. The van der Waals surface area contributed by atoms with Crippen molar-refractivity contribution in [2.75, 3.05) is 18.9 Å². The third kappa shape index (κ3) is 6.99. The molecule has 9 nitrogen and oxygen atoms in total. The Bertz CT molecular complexity index is 988. The smallest absolute Gasteiger partial charge is 0.305 e. The number of rotatable bonds is 12. The van der Waals surface area contributed by atoms with Gasteiger partial charge in [-0.15, -0.1) is 0 Å². The summed E-state index contributed by atoms with van der Waals surface area (Å²) >= 11 is 1.28. The van der Waals surface area contributed by atoms with Gasteiger partial charge in [0.25, 0.3) is 0 Å². The van der Waals surface area contributed by atoms with E-state index in [1.54, 1.807) is 13.0 Å². The van der Waals surface area contributed by atoms with Gasteiger partial charge in [0.2, 0.25) is 15.9 Å². The van der Waals surface area contributed by atoms with Crippen molar-refractivity contribution in [3.63, 3.8) is 0 Å². The monoisotopic (exact) mass is 456 g/mol. The van der Waals surface area contributed by atoms with E-state index in [4.69, 9.17) is 9.88 Å². The van der Waals surface area contributed by atoms with Crippen LogP contribution in [0.5, 0.6) is 0 Å². The van der Waals surface area contributed by atoms with Crippen LogP contribution in [0.4, 0.5) is 0 Å². The molecular weight excluding hydrogens is 428 g/mol. The maximum atomic E-state index is 12.1. The van der Waals surface area contributed by atoms with E-state index >= 15 is 0 Å². The highest BCUT2D eigenvalue weighted by atomic mass is 32.2. The van der Waals surface area contributed by atoms with Crippen LogP contribution in [0.15, 0.2) is 28.3 Å². The number of nitrogens with zero attached hydrogens (tertiary/aromatic N) is 2. The molecule has 166 valence electrons. The minimum atomic E-state index is -3.82. The normalized spacial score (nSPS) is 11.6. The first-order valence-corrected chi connectivity index (χ1v) is 12.4. The summed E-state index contributed by atoms with van der Waals surface area (Å²) in [5.41, 5.74) is 1.32. The predicted octanol–water partition coefficient (Wildman–Crippen LogP) is 2.04. The molecule has 0 spiro atoms. The number of carbonyl (C=O) groups is 2. The number of amides is 1. The number of thioether (sulfide) groups is 1. The third-order valence-electron chi connectivity index (χ3n) is 4.27. The Balaban J connectivity index is 2.03. The van der Waals surface area contributed by atoms with Crippen molar-refractivity contribution in [3.8, 4) is 0 Å². The van der Waals surface area contributed by atoms with E-state index < -0.39 is 10.0 Å². The standard InChI is InChI=1S/C19H28N4O5S2/c1-3-5-11-23-16-9-8-14(30(20,26)27)12-15(16)22-19(23)29-13-17(24)21-10-6-7-18(25)28-4-2/h8-9,12H,3-7,10-11,13H2,1-2H3,(H,21,24)(H2,20,26,27). The lowest BCUT2D eigenvalue weighted by molar-refractivity contribution is -0.143. The summed E-state index contributed by atoms with van der Waals surface area (Å²) in [6, 6.07) is 4.61. The topological polar surface area (TPSA) is 133 Å². The minimum Gasteiger partial charge on any atom is -0.466 e. The number of nitrogens with two attached hydrogens (primary N) is 1. The number of sulfonamides is 1. The molecule has 2 aromatic rings. The fourth-order valence-corrected chi connectivity index (χ4v) is 4.19. The van der Waals surface area contributed by atoms with Gasteiger partial charge >= 0.3 is 5.97 Å². The van der Waals surface area contributed by atoms with Gasteiger partial charge in [0.05, 0.1) is 28.3 Å². The quantitative estimate of drug-likeness (QED) is 0.284. The Hall–Kier alpha value is -2.11. The molecule has 1 amide bonds. The van der Waals surface area contributed by atoms with Crippen LogP contribution in [0.3, 0.4) is 0 Å². The van der Waals surface area contributed by atoms with Crippen molar-refractivity contribution in [1.82, 2.24) is 14.9 Å². The van der Waals surface area contributed by atoms with Crippen molar-refractivity contribution >= 4 is 44.7 Å². The Morgan fingerprint density at radius 2 is 2.03 bits per heavy atom. The van der Waals surface area contributed by atoms with E-state index in [1.165, 1.54) is 23.9 Å². The minimum absolute atomic E-state index is 0.00559. The van der Waals surface area contributed by atoms with E-state index in [0.29, 0.717) is 36.8 Å². The van der Waals surface area contributed by atoms with Crippen LogP contribution in [0.2, 0.25) is 0 Å². The number of nitrogens with one attached hydrogen (secondary N) is 1. The molecule has 1 aromatic heterocycles. The van der Waals surface area contributed by atoms with E-state index in [-0.39, 0.29) is 28.9 Å². The van der Waals surface area contributed by atoms with Crippen LogP contribution in [0, 0.1) is 0 Å². The van der Waals surface area contributed by atoms with E-state index in [1.807, 2.05) is 4.57 Å². The van der Waals surface area contributed by atoms with Gasteiger partial charge in [0.15, 0.2) is 5.16 Å². The number of aryl methyl sites for hydroxylation is 1. The summed E-state index contributed by atoms with van der Waals surface area (Å²) in [7, 11) is -3.82. The highest BCUT2D eigenvalue weighted by Crippen LogP contribution is 2.26. The summed E-state index contributed by atoms with van der Waals surface area (Å²) in [6.45, 7) is 5.28. The van der Waals surface area contributed by atoms with Crippen molar-refractivity contribution in [2.45, 2.75) is 56.1 Å². The molecule has 0 aliphatic heterocycles. The fraction of sp³-hybridized carbons (Fsp3) is 0.526. The number of aromatic nitrogens is 2. The summed E-state index contributed by atoms with van der Waals surface area (Å²) in [5, 5.41) is 8.64. The lowest BCUT2D eigenvalue weighted by Gasteiger charge is -2.09. The van der Waals surface area contributed by atoms with Crippen LogP contribution in [0.1, 0.15) is 39.5 Å². The lowest BCUT2D eigenvalue weighted by atomic mass is 10.3. The molecular formula is C19H28N4O5S2. The second-order valence-electron chi connectivity index (χ2n) is 6.64. The van der Waals surface area contributed by atoms with E-state index in [9.17, 15) is 18.0 Å². The number of benzene rings is 1. The van der Waals surface area contributed by atoms with E-state index in [0.717, 1.165) is 18.4 Å². The number of fused-ring (bicyclic) bond motifs is 1. The highest BCUT2D eigenvalue weighted by molar-refractivity contribution is 7.99. The third-order valence-corrected chi connectivity index (χ3v) is 6.15. The number of imidazole rings is 1. The molecule has 0 saturated heterocycles. The number of esters is 1. The lowest BCUT2D eigenvalue weighted by Crippen LogP contribution is -2.26. The first kappa shape index (κ1) is 24.2. The van der Waals surface area contributed by atoms with Crippen molar-refractivity contribution in [3.05, 3.63) is 18.2 Å². The van der Waals surface area contributed by atoms with Crippen LogP contribution in [-0.4, -0.2) is 48.7 Å². The molecule has 0 unspecified atom stereocenters. The van der Waals surface area contributed by atoms with Gasteiger partial charge in [0.1, 0.15) is 0 Å². The summed E-state index contributed by atoms with van der Waals surface area (Å²) in [5.74, 6) is -0.274. The fourth-order valence-electron chi connectivity index (χ4n) is 2.78. The van der Waals surface area contributed by atoms with Gasteiger partial charge in [-0.3, -0.25) is 9.59 Å². The maximum Gasteiger partial charge on any atom is 0.305 e. The molecule has 0 radical (unpaired) electrons. The first-order chi connectivity index (χ1) is 14.3. The van der Waals surface area contributed by atoms with Crippen LogP contribution in [-0.2, 0) is 30.9 Å². The van der Waals surface area contributed by atoms with Crippen LogP contribution >= 0.6 is 11.8 Å². The van der Waals surface area contributed by atoms with Gasteiger partial charge in [-0.05, 0) is 38.0 Å². The Morgan fingerprint density at radius 3 is 2.70 bits per heavy atom. The van der Waals surface area contributed by atoms with Crippen molar-refractivity contribution < 1.29 is 22.7 Å². The molecule has 1 aromatic carbocycles. The van der Waals surface area contributed by atoms with Crippen molar-refractivity contribution in [2.24, 2.45) is 5.14 Å². The molecule has 1 heterocycles.